The Morgan fingerprint density at radius 1 is 1.44 bits per heavy atom. The Morgan fingerprint density at radius 3 is 2.78 bits per heavy atom. The second-order valence-corrected chi connectivity index (χ2v) is 3.79. The maximum atomic E-state index is 13.5. The number of halogens is 1. The second-order valence-electron chi connectivity index (χ2n) is 3.79. The average molecular weight is 249 g/mol. The molecule has 0 aliphatic rings. The van der Waals surface area contributed by atoms with Crippen LogP contribution in [0.1, 0.15) is 28.7 Å². The van der Waals surface area contributed by atoms with Gasteiger partial charge in [-0.1, -0.05) is 30.3 Å². The lowest BCUT2D eigenvalue weighted by molar-refractivity contribution is 0.0689. The van der Waals surface area contributed by atoms with Gasteiger partial charge in [0.15, 0.2) is 5.69 Å². The maximum Gasteiger partial charge on any atom is 0.358 e. The largest absolute Gasteiger partial charge is 0.476 e. The third kappa shape index (κ3) is 2.22. The molecule has 18 heavy (non-hydrogen) atoms. The van der Waals surface area contributed by atoms with E-state index in [1.807, 2.05) is 6.92 Å². The number of benzene rings is 1. The number of carbonyl (C=O) groups is 1. The summed E-state index contributed by atoms with van der Waals surface area (Å²) in [6.07, 6.45) is 0.475. The van der Waals surface area contributed by atoms with Crippen LogP contribution in [0.4, 0.5) is 4.39 Å². The average Bonchev–Trinajstić information content (AvgIpc) is 2.75. The van der Waals surface area contributed by atoms with Crippen molar-refractivity contribution in [1.29, 1.82) is 0 Å². The van der Waals surface area contributed by atoms with Gasteiger partial charge >= 0.3 is 5.97 Å². The number of hydrogen-bond donors (Lipinski definition) is 1. The van der Waals surface area contributed by atoms with E-state index in [2.05, 4.69) is 10.3 Å². The molecule has 2 aromatic rings. The van der Waals surface area contributed by atoms with Crippen LogP contribution in [0.25, 0.3) is 0 Å². The lowest BCUT2D eigenvalue weighted by Gasteiger charge is -2.06. The van der Waals surface area contributed by atoms with E-state index < -0.39 is 5.97 Å². The predicted molar refractivity (Wildman–Crippen MR) is 61.9 cm³/mol. The first-order valence-electron chi connectivity index (χ1n) is 5.52. The van der Waals surface area contributed by atoms with Crippen LogP contribution in [0.5, 0.6) is 0 Å². The van der Waals surface area contributed by atoms with E-state index in [1.54, 1.807) is 18.2 Å². The Labute approximate surface area is 103 Å². The van der Waals surface area contributed by atoms with Crippen molar-refractivity contribution in [2.45, 2.75) is 19.9 Å². The van der Waals surface area contributed by atoms with Gasteiger partial charge in [-0.15, -0.1) is 5.10 Å². The number of rotatable bonds is 4. The zero-order valence-corrected chi connectivity index (χ0v) is 9.80. The minimum Gasteiger partial charge on any atom is -0.476 e. The van der Waals surface area contributed by atoms with Gasteiger partial charge in [0.1, 0.15) is 5.82 Å². The second kappa shape index (κ2) is 4.95. The number of carboxylic acids is 1. The highest BCUT2D eigenvalue weighted by molar-refractivity contribution is 5.86. The summed E-state index contributed by atoms with van der Waals surface area (Å²) < 4.78 is 14.9. The topological polar surface area (TPSA) is 68.0 Å². The highest BCUT2D eigenvalue weighted by Crippen LogP contribution is 2.12. The van der Waals surface area contributed by atoms with Crippen LogP contribution in [0.2, 0.25) is 0 Å². The number of hydrogen-bond acceptors (Lipinski definition) is 3. The SMILES string of the molecule is CCc1c(C(=O)O)nnn1Cc1ccccc1F. The molecule has 0 bridgehead atoms. The van der Waals surface area contributed by atoms with Gasteiger partial charge in [-0.25, -0.2) is 13.9 Å². The summed E-state index contributed by atoms with van der Waals surface area (Å²) in [7, 11) is 0. The quantitative estimate of drug-likeness (QED) is 0.895. The smallest absolute Gasteiger partial charge is 0.358 e. The van der Waals surface area contributed by atoms with Crippen molar-refractivity contribution in [3.8, 4) is 0 Å². The lowest BCUT2D eigenvalue weighted by Crippen LogP contribution is -2.09. The first kappa shape index (κ1) is 12.2. The molecular formula is C12H12FN3O2. The summed E-state index contributed by atoms with van der Waals surface area (Å²) in [4.78, 5) is 10.9. The van der Waals surface area contributed by atoms with Crippen molar-refractivity contribution in [3.63, 3.8) is 0 Å². The van der Waals surface area contributed by atoms with Crippen molar-refractivity contribution in [3.05, 3.63) is 47.0 Å². The summed E-state index contributed by atoms with van der Waals surface area (Å²) in [6, 6.07) is 6.32. The van der Waals surface area contributed by atoms with Crippen LogP contribution in [-0.4, -0.2) is 26.1 Å². The van der Waals surface area contributed by atoms with E-state index in [0.29, 0.717) is 17.7 Å². The molecule has 0 saturated carbocycles. The summed E-state index contributed by atoms with van der Waals surface area (Å²) in [5, 5.41) is 16.3. The van der Waals surface area contributed by atoms with Gasteiger partial charge in [0, 0.05) is 5.56 Å². The van der Waals surface area contributed by atoms with Crippen LogP contribution in [0.3, 0.4) is 0 Å². The predicted octanol–water partition coefficient (Wildman–Crippen LogP) is 1.73. The molecule has 0 aliphatic heterocycles. The molecule has 6 heteroatoms. The van der Waals surface area contributed by atoms with Crippen LogP contribution >= 0.6 is 0 Å². The Bertz CT molecular complexity index is 580. The van der Waals surface area contributed by atoms with Crippen molar-refractivity contribution in [2.75, 3.05) is 0 Å². The number of carboxylic acid groups (broad SMARTS) is 1. The minimum absolute atomic E-state index is 0.0751. The van der Waals surface area contributed by atoms with Gasteiger partial charge in [-0.3, -0.25) is 0 Å². The lowest BCUT2D eigenvalue weighted by atomic mass is 10.2. The minimum atomic E-state index is -1.12. The van der Waals surface area contributed by atoms with E-state index in [1.165, 1.54) is 10.7 Å². The van der Waals surface area contributed by atoms with Gasteiger partial charge in [0.2, 0.25) is 0 Å². The van der Waals surface area contributed by atoms with Crippen molar-refractivity contribution in [2.24, 2.45) is 0 Å². The summed E-state index contributed by atoms with van der Waals surface area (Å²) in [6.45, 7) is 1.99. The fourth-order valence-corrected chi connectivity index (χ4v) is 1.76. The van der Waals surface area contributed by atoms with Crippen LogP contribution in [0, 0.1) is 5.82 Å². The van der Waals surface area contributed by atoms with Crippen molar-refractivity contribution >= 4 is 5.97 Å². The number of aromatic carboxylic acids is 1. The molecule has 0 amide bonds. The monoisotopic (exact) mass is 249 g/mol. The van der Waals surface area contributed by atoms with Gasteiger partial charge in [0.25, 0.3) is 0 Å². The maximum absolute atomic E-state index is 13.5. The Balaban J connectivity index is 2.35. The van der Waals surface area contributed by atoms with Crippen molar-refractivity contribution in [1.82, 2.24) is 15.0 Å². The van der Waals surface area contributed by atoms with Gasteiger partial charge in [-0.05, 0) is 12.5 Å². The Kier molecular flexibility index (Phi) is 3.36. The Morgan fingerprint density at radius 2 is 2.17 bits per heavy atom. The number of nitrogens with zero attached hydrogens (tertiary/aromatic N) is 3. The molecule has 0 radical (unpaired) electrons. The normalized spacial score (nSPS) is 10.6. The molecule has 0 atom stereocenters. The molecule has 1 aromatic carbocycles. The van der Waals surface area contributed by atoms with Crippen molar-refractivity contribution < 1.29 is 14.3 Å². The molecule has 2 rings (SSSR count). The van der Waals surface area contributed by atoms with E-state index in [0.717, 1.165) is 0 Å². The highest BCUT2D eigenvalue weighted by Gasteiger charge is 2.17. The van der Waals surface area contributed by atoms with Crippen LogP contribution in [-0.2, 0) is 13.0 Å². The standard InChI is InChI=1S/C12H12FN3O2/c1-2-10-11(12(17)18)14-15-16(10)7-8-5-3-4-6-9(8)13/h3-6H,2,7H2,1H3,(H,17,18). The van der Waals surface area contributed by atoms with Gasteiger partial charge in [-0.2, -0.15) is 0 Å². The third-order valence-electron chi connectivity index (χ3n) is 2.65. The molecule has 5 nitrogen and oxygen atoms in total. The number of aromatic nitrogens is 3. The first-order chi connectivity index (χ1) is 8.63. The first-order valence-corrected chi connectivity index (χ1v) is 5.52. The molecule has 0 fully saturated rings. The van der Waals surface area contributed by atoms with Gasteiger partial charge in [0.05, 0.1) is 12.2 Å². The van der Waals surface area contributed by atoms with Crippen LogP contribution in [0.15, 0.2) is 24.3 Å². The summed E-state index contributed by atoms with van der Waals surface area (Å²) in [5.74, 6) is -1.46. The Hall–Kier alpha value is -2.24. The summed E-state index contributed by atoms with van der Waals surface area (Å²) in [5.41, 5.74) is 0.869. The van der Waals surface area contributed by atoms with Crippen LogP contribution < -0.4 is 0 Å². The zero-order chi connectivity index (χ0) is 13.1. The molecule has 1 N–H and O–H groups in total. The molecule has 0 saturated heterocycles. The summed E-state index contributed by atoms with van der Waals surface area (Å²) >= 11 is 0. The fourth-order valence-electron chi connectivity index (χ4n) is 1.76. The molecule has 1 aromatic heterocycles. The third-order valence-corrected chi connectivity index (χ3v) is 2.65. The van der Waals surface area contributed by atoms with E-state index in [9.17, 15) is 9.18 Å². The zero-order valence-electron chi connectivity index (χ0n) is 9.80. The van der Waals surface area contributed by atoms with E-state index >= 15 is 0 Å². The molecular weight excluding hydrogens is 237 g/mol. The highest BCUT2D eigenvalue weighted by atomic mass is 19.1. The molecule has 0 aliphatic carbocycles. The van der Waals surface area contributed by atoms with E-state index in [4.69, 9.17) is 5.11 Å². The molecule has 0 unspecified atom stereocenters. The molecule has 1 heterocycles. The molecule has 0 spiro atoms. The molecule has 94 valence electrons. The van der Waals surface area contributed by atoms with Gasteiger partial charge < -0.3 is 5.11 Å². The van der Waals surface area contributed by atoms with E-state index in [-0.39, 0.29) is 18.1 Å². The fraction of sp³-hybridized carbons (Fsp3) is 0.250.